The molecule has 17 heavy (non-hydrogen) atoms. The van der Waals surface area contributed by atoms with Crippen LogP contribution >= 0.6 is 11.6 Å². The molecular formula is C12H15ClO4. The fourth-order valence-corrected chi connectivity index (χ4v) is 1.12. The summed E-state index contributed by atoms with van der Waals surface area (Å²) in [6, 6.07) is 9.62. The van der Waals surface area contributed by atoms with Gasteiger partial charge in [-0.05, 0) is 18.9 Å². The maximum absolute atomic E-state index is 10.2. The number of aliphatic carboxylic acids is 1. The van der Waals surface area contributed by atoms with E-state index in [1.54, 1.807) is 6.92 Å². The minimum atomic E-state index is -0.742. The molecular weight excluding hydrogens is 244 g/mol. The third kappa shape index (κ3) is 10.7. The van der Waals surface area contributed by atoms with E-state index in [1.807, 2.05) is 30.3 Å². The van der Waals surface area contributed by atoms with Gasteiger partial charge in [-0.25, -0.2) is 4.79 Å². The van der Waals surface area contributed by atoms with Crippen LogP contribution in [0.1, 0.15) is 18.9 Å². The number of ether oxygens (including phenoxy) is 1. The van der Waals surface area contributed by atoms with E-state index in [-0.39, 0.29) is 6.42 Å². The summed E-state index contributed by atoms with van der Waals surface area (Å²) >= 11 is 4.72. The maximum Gasteiger partial charge on any atom is 0.403 e. The number of hydrogen-bond donors (Lipinski definition) is 1. The Labute approximate surface area is 105 Å². The molecule has 1 aromatic carbocycles. The van der Waals surface area contributed by atoms with Crippen molar-refractivity contribution in [2.45, 2.75) is 19.8 Å². The summed E-state index contributed by atoms with van der Waals surface area (Å²) < 4.78 is 4.17. The van der Waals surface area contributed by atoms with Crippen molar-refractivity contribution in [1.29, 1.82) is 0 Å². The van der Waals surface area contributed by atoms with E-state index in [9.17, 15) is 9.59 Å². The fourth-order valence-electron chi connectivity index (χ4n) is 1.01. The number of rotatable bonds is 4. The summed E-state index contributed by atoms with van der Waals surface area (Å²) in [6.45, 7) is 2.04. The number of carbonyl (C=O) groups is 2. The Balaban J connectivity index is 0.000000366. The molecule has 0 spiro atoms. The second-order valence-electron chi connectivity index (χ2n) is 3.05. The van der Waals surface area contributed by atoms with Gasteiger partial charge in [0.25, 0.3) is 0 Å². The van der Waals surface area contributed by atoms with E-state index in [1.165, 1.54) is 0 Å². The second kappa shape index (κ2) is 9.66. The summed E-state index contributed by atoms with van der Waals surface area (Å²) in [6.07, 6.45) is 0.834. The average Bonchev–Trinajstić information content (AvgIpc) is 2.28. The van der Waals surface area contributed by atoms with E-state index < -0.39 is 11.4 Å². The highest BCUT2D eigenvalue weighted by Gasteiger charge is 1.96. The molecule has 5 heteroatoms. The Morgan fingerprint density at radius 1 is 1.29 bits per heavy atom. The van der Waals surface area contributed by atoms with Crippen molar-refractivity contribution in [2.75, 3.05) is 6.61 Å². The monoisotopic (exact) mass is 258 g/mol. The lowest BCUT2D eigenvalue weighted by atomic mass is 10.1. The number of benzene rings is 1. The Morgan fingerprint density at radius 3 is 2.24 bits per heavy atom. The van der Waals surface area contributed by atoms with E-state index in [2.05, 4.69) is 4.74 Å². The summed E-state index contributed by atoms with van der Waals surface area (Å²) in [7, 11) is 0. The highest BCUT2D eigenvalue weighted by Crippen LogP contribution is 2.01. The SMILES string of the molecule is CCOC(=O)Cl.O=C(O)CCc1ccccc1. The minimum absolute atomic E-state index is 0.212. The summed E-state index contributed by atoms with van der Waals surface area (Å²) in [5, 5.41) is 8.37. The molecule has 0 atom stereocenters. The molecule has 0 saturated carbocycles. The van der Waals surface area contributed by atoms with Crippen LogP contribution in [-0.4, -0.2) is 23.1 Å². The molecule has 0 aromatic heterocycles. The van der Waals surface area contributed by atoms with Crippen LogP contribution in [0.5, 0.6) is 0 Å². The highest BCUT2D eigenvalue weighted by atomic mass is 35.5. The molecule has 94 valence electrons. The largest absolute Gasteiger partial charge is 0.481 e. The number of aryl methyl sites for hydroxylation is 1. The smallest absolute Gasteiger partial charge is 0.403 e. The van der Waals surface area contributed by atoms with Gasteiger partial charge in [0, 0.05) is 18.0 Å². The zero-order valence-corrected chi connectivity index (χ0v) is 10.3. The molecule has 0 aliphatic rings. The van der Waals surface area contributed by atoms with Crippen molar-refractivity contribution < 1.29 is 19.4 Å². The second-order valence-corrected chi connectivity index (χ2v) is 3.36. The molecule has 0 saturated heterocycles. The Morgan fingerprint density at radius 2 is 1.88 bits per heavy atom. The number of carboxylic acids is 1. The van der Waals surface area contributed by atoms with Crippen LogP contribution in [0.25, 0.3) is 0 Å². The highest BCUT2D eigenvalue weighted by molar-refractivity contribution is 6.61. The van der Waals surface area contributed by atoms with Gasteiger partial charge in [0.1, 0.15) is 0 Å². The molecule has 1 N–H and O–H groups in total. The zero-order valence-electron chi connectivity index (χ0n) is 9.56. The third-order valence-corrected chi connectivity index (χ3v) is 1.84. The average molecular weight is 259 g/mol. The van der Waals surface area contributed by atoms with Gasteiger partial charge in [0.15, 0.2) is 0 Å². The molecule has 0 radical (unpaired) electrons. The van der Waals surface area contributed by atoms with Gasteiger partial charge >= 0.3 is 11.4 Å². The van der Waals surface area contributed by atoms with E-state index in [0.29, 0.717) is 13.0 Å². The van der Waals surface area contributed by atoms with Gasteiger partial charge in [-0.3, -0.25) is 4.79 Å². The van der Waals surface area contributed by atoms with Gasteiger partial charge in [-0.2, -0.15) is 0 Å². The Kier molecular flexibility index (Phi) is 8.78. The van der Waals surface area contributed by atoms with E-state index >= 15 is 0 Å². The molecule has 0 aliphatic heterocycles. The summed E-state index contributed by atoms with van der Waals surface area (Å²) in [5.74, 6) is -0.742. The minimum Gasteiger partial charge on any atom is -0.481 e. The molecule has 0 fully saturated rings. The predicted octanol–water partition coefficient (Wildman–Crippen LogP) is 3.09. The third-order valence-electron chi connectivity index (χ3n) is 1.73. The number of carbonyl (C=O) groups excluding carboxylic acids is 1. The van der Waals surface area contributed by atoms with Crippen molar-refractivity contribution in [1.82, 2.24) is 0 Å². The quantitative estimate of drug-likeness (QED) is 0.843. The molecule has 0 heterocycles. The van der Waals surface area contributed by atoms with E-state index in [0.717, 1.165) is 5.56 Å². The lowest BCUT2D eigenvalue weighted by Crippen LogP contribution is -1.96. The van der Waals surface area contributed by atoms with Crippen LogP contribution in [0.2, 0.25) is 0 Å². The first-order chi connectivity index (χ1) is 8.06. The molecule has 4 nitrogen and oxygen atoms in total. The van der Waals surface area contributed by atoms with Crippen LogP contribution in [0, 0.1) is 0 Å². The topological polar surface area (TPSA) is 63.6 Å². The van der Waals surface area contributed by atoms with Crippen molar-refractivity contribution in [2.24, 2.45) is 0 Å². The summed E-state index contributed by atoms with van der Waals surface area (Å²) in [4.78, 5) is 19.8. The summed E-state index contributed by atoms with van der Waals surface area (Å²) in [5.41, 5.74) is 0.340. The van der Waals surface area contributed by atoms with Crippen LogP contribution in [-0.2, 0) is 16.0 Å². The first-order valence-corrected chi connectivity index (χ1v) is 5.52. The van der Waals surface area contributed by atoms with Gasteiger partial charge < -0.3 is 9.84 Å². The lowest BCUT2D eigenvalue weighted by molar-refractivity contribution is -0.136. The molecule has 0 unspecified atom stereocenters. The van der Waals surface area contributed by atoms with Crippen molar-refractivity contribution in [3.05, 3.63) is 35.9 Å². The number of carboxylic acid groups (broad SMARTS) is 1. The molecule has 1 aromatic rings. The molecule has 1 rings (SSSR count). The molecule has 0 amide bonds. The molecule has 0 bridgehead atoms. The van der Waals surface area contributed by atoms with Crippen LogP contribution in [0.15, 0.2) is 30.3 Å². The van der Waals surface area contributed by atoms with Gasteiger partial charge in [0.05, 0.1) is 6.61 Å². The van der Waals surface area contributed by atoms with Gasteiger partial charge in [-0.15, -0.1) is 0 Å². The first-order valence-electron chi connectivity index (χ1n) is 5.14. The predicted molar refractivity (Wildman–Crippen MR) is 65.3 cm³/mol. The van der Waals surface area contributed by atoms with Crippen molar-refractivity contribution >= 4 is 23.0 Å². The lowest BCUT2D eigenvalue weighted by Gasteiger charge is -1.95. The van der Waals surface area contributed by atoms with Crippen molar-refractivity contribution in [3.63, 3.8) is 0 Å². The fraction of sp³-hybridized carbons (Fsp3) is 0.333. The van der Waals surface area contributed by atoms with Crippen LogP contribution in [0.4, 0.5) is 4.79 Å². The van der Waals surface area contributed by atoms with Crippen LogP contribution < -0.4 is 0 Å². The normalized spacial score (nSPS) is 8.82. The van der Waals surface area contributed by atoms with Gasteiger partial charge in [-0.1, -0.05) is 30.3 Å². The van der Waals surface area contributed by atoms with Gasteiger partial charge in [0.2, 0.25) is 0 Å². The first kappa shape index (κ1) is 15.4. The number of hydrogen-bond acceptors (Lipinski definition) is 3. The Hall–Kier alpha value is -1.55. The number of halogens is 1. The standard InChI is InChI=1S/C9H10O2.C3H5ClO2/c10-9(11)7-6-8-4-2-1-3-5-8;1-2-6-3(4)5/h1-5H,6-7H2,(H,10,11);2H2,1H3. The van der Waals surface area contributed by atoms with E-state index in [4.69, 9.17) is 16.7 Å². The maximum atomic E-state index is 10.2. The van der Waals surface area contributed by atoms with Crippen molar-refractivity contribution in [3.8, 4) is 0 Å². The molecule has 0 aliphatic carbocycles. The zero-order chi connectivity index (χ0) is 13.1. The Bertz CT molecular complexity index is 338. The van der Waals surface area contributed by atoms with Crippen LogP contribution in [0.3, 0.4) is 0 Å².